The lowest BCUT2D eigenvalue weighted by Crippen LogP contribution is -2.42. The van der Waals surface area contributed by atoms with Gasteiger partial charge in [0.1, 0.15) is 0 Å². The third kappa shape index (κ3) is 8.46. The number of benzene rings is 1. The van der Waals surface area contributed by atoms with Crippen molar-refractivity contribution in [2.45, 2.75) is 46.7 Å². The van der Waals surface area contributed by atoms with Gasteiger partial charge < -0.3 is 16.0 Å². The molecule has 0 radical (unpaired) electrons. The lowest BCUT2D eigenvalue weighted by Gasteiger charge is -2.23. The molecule has 4 nitrogen and oxygen atoms in total. The molecule has 1 rings (SSSR count). The average molecular weight is 418 g/mol. The van der Waals surface area contributed by atoms with Crippen LogP contribution >= 0.6 is 24.0 Å². The highest BCUT2D eigenvalue weighted by atomic mass is 127. The fourth-order valence-electron chi connectivity index (χ4n) is 1.95. The van der Waals surface area contributed by atoms with Crippen LogP contribution < -0.4 is 16.0 Å². The molecule has 0 bridgehead atoms. The Hall–Kier alpha value is -0.980. The molecule has 0 aliphatic rings. The largest absolute Gasteiger partial charge is 0.380 e. The Kier molecular flexibility index (Phi) is 11.1. The zero-order valence-corrected chi connectivity index (χ0v) is 16.7. The van der Waals surface area contributed by atoms with Crippen molar-refractivity contribution < 1.29 is 0 Å². The Morgan fingerprint density at radius 2 is 1.73 bits per heavy atom. The van der Waals surface area contributed by atoms with Crippen LogP contribution in [0.15, 0.2) is 35.3 Å². The maximum atomic E-state index is 4.70. The molecular weight excluding hydrogens is 387 g/mol. The number of anilines is 1. The van der Waals surface area contributed by atoms with Gasteiger partial charge in [-0.1, -0.05) is 32.0 Å². The van der Waals surface area contributed by atoms with Crippen LogP contribution in [-0.2, 0) is 0 Å². The number of aliphatic imine (C=N–C) groups is 1. The van der Waals surface area contributed by atoms with Crippen LogP contribution in [-0.4, -0.2) is 31.1 Å². The first-order valence-electron chi connectivity index (χ1n) is 7.89. The van der Waals surface area contributed by atoms with Crippen LogP contribution in [0, 0.1) is 5.92 Å². The van der Waals surface area contributed by atoms with E-state index in [0.29, 0.717) is 18.0 Å². The molecule has 0 fully saturated rings. The second-order valence-electron chi connectivity index (χ2n) is 5.88. The summed E-state index contributed by atoms with van der Waals surface area (Å²) in [5, 5.41) is 10.2. The summed E-state index contributed by atoms with van der Waals surface area (Å²) in [5.74, 6) is 1.39. The van der Waals surface area contributed by atoms with Crippen molar-refractivity contribution in [1.29, 1.82) is 0 Å². The quantitative estimate of drug-likeness (QED) is 0.360. The summed E-state index contributed by atoms with van der Waals surface area (Å²) in [4.78, 5) is 4.70. The molecule has 0 heterocycles. The molecule has 0 saturated carbocycles. The van der Waals surface area contributed by atoms with Crippen LogP contribution in [0.25, 0.3) is 0 Å². The summed E-state index contributed by atoms with van der Waals surface area (Å²) in [6, 6.07) is 11.0. The third-order valence-corrected chi connectivity index (χ3v) is 3.15. The van der Waals surface area contributed by atoms with E-state index in [9.17, 15) is 0 Å². The summed E-state index contributed by atoms with van der Waals surface area (Å²) in [5.41, 5.74) is 1.15. The van der Waals surface area contributed by atoms with Crippen molar-refractivity contribution in [2.75, 3.05) is 18.4 Å². The lowest BCUT2D eigenvalue weighted by atomic mass is 10.0. The number of para-hydroxylation sites is 1. The molecule has 1 unspecified atom stereocenters. The standard InChI is InChI=1S/C17H30N4.HI/c1-6-18-17(20-14(4)5)19-12-16(13(2)3)21-15-10-8-7-9-11-15;/h7-11,13-14,16,21H,6,12H2,1-5H3,(H2,18,19,20);1H. The molecule has 1 aromatic carbocycles. The molecule has 126 valence electrons. The van der Waals surface area contributed by atoms with Crippen molar-refractivity contribution in [2.24, 2.45) is 10.9 Å². The number of rotatable bonds is 7. The first-order valence-corrected chi connectivity index (χ1v) is 7.89. The predicted octanol–water partition coefficient (Wildman–Crippen LogP) is 3.70. The van der Waals surface area contributed by atoms with Crippen LogP contribution in [0.5, 0.6) is 0 Å². The van der Waals surface area contributed by atoms with Gasteiger partial charge in [0.25, 0.3) is 0 Å². The Morgan fingerprint density at radius 1 is 1.09 bits per heavy atom. The number of nitrogens with zero attached hydrogens (tertiary/aromatic N) is 1. The summed E-state index contributed by atoms with van der Waals surface area (Å²) >= 11 is 0. The molecule has 3 N–H and O–H groups in total. The van der Waals surface area contributed by atoms with E-state index < -0.39 is 0 Å². The number of hydrogen-bond donors (Lipinski definition) is 3. The van der Waals surface area contributed by atoms with E-state index in [-0.39, 0.29) is 24.0 Å². The fraction of sp³-hybridized carbons (Fsp3) is 0.588. The van der Waals surface area contributed by atoms with Crippen molar-refractivity contribution in [1.82, 2.24) is 10.6 Å². The highest BCUT2D eigenvalue weighted by Gasteiger charge is 2.13. The van der Waals surface area contributed by atoms with Gasteiger partial charge in [0.2, 0.25) is 0 Å². The maximum Gasteiger partial charge on any atom is 0.191 e. The molecule has 0 amide bonds. The minimum Gasteiger partial charge on any atom is -0.380 e. The van der Waals surface area contributed by atoms with Crippen molar-refractivity contribution in [3.8, 4) is 0 Å². The van der Waals surface area contributed by atoms with E-state index in [2.05, 4.69) is 62.7 Å². The number of halogens is 1. The fourth-order valence-corrected chi connectivity index (χ4v) is 1.95. The van der Waals surface area contributed by atoms with Gasteiger partial charge in [-0.25, -0.2) is 0 Å². The predicted molar refractivity (Wildman–Crippen MR) is 108 cm³/mol. The molecule has 0 saturated heterocycles. The first kappa shape index (κ1) is 21.0. The second-order valence-corrected chi connectivity index (χ2v) is 5.88. The minimum absolute atomic E-state index is 0. The van der Waals surface area contributed by atoms with Gasteiger partial charge in [-0.2, -0.15) is 0 Å². The lowest BCUT2D eigenvalue weighted by molar-refractivity contribution is 0.530. The van der Waals surface area contributed by atoms with Crippen LogP contribution in [0.4, 0.5) is 5.69 Å². The number of hydrogen-bond acceptors (Lipinski definition) is 2. The molecule has 22 heavy (non-hydrogen) atoms. The Balaban J connectivity index is 0.00000441. The van der Waals surface area contributed by atoms with Gasteiger partial charge in [-0.05, 0) is 38.8 Å². The SMILES string of the molecule is CCNC(=NCC(Nc1ccccc1)C(C)C)NC(C)C.I. The van der Waals surface area contributed by atoms with Gasteiger partial charge in [0.05, 0.1) is 6.54 Å². The maximum absolute atomic E-state index is 4.70. The third-order valence-electron chi connectivity index (χ3n) is 3.15. The number of nitrogens with one attached hydrogen (secondary N) is 3. The smallest absolute Gasteiger partial charge is 0.191 e. The van der Waals surface area contributed by atoms with E-state index >= 15 is 0 Å². The van der Waals surface area contributed by atoms with Gasteiger partial charge in [-0.15, -0.1) is 24.0 Å². The Morgan fingerprint density at radius 3 is 2.23 bits per heavy atom. The normalized spacial score (nSPS) is 12.8. The van der Waals surface area contributed by atoms with Gasteiger partial charge in [-0.3, -0.25) is 4.99 Å². The zero-order valence-electron chi connectivity index (χ0n) is 14.4. The van der Waals surface area contributed by atoms with Crippen molar-refractivity contribution >= 4 is 35.6 Å². The minimum atomic E-state index is 0. The molecular formula is C17H31IN4. The summed E-state index contributed by atoms with van der Waals surface area (Å²) < 4.78 is 0. The monoisotopic (exact) mass is 418 g/mol. The molecule has 0 aromatic heterocycles. The zero-order chi connectivity index (χ0) is 15.7. The summed E-state index contributed by atoms with van der Waals surface area (Å²) in [7, 11) is 0. The number of guanidine groups is 1. The average Bonchev–Trinajstić information content (AvgIpc) is 2.43. The molecule has 0 spiro atoms. The first-order chi connectivity index (χ1) is 10.0. The van der Waals surface area contributed by atoms with Crippen LogP contribution in [0.3, 0.4) is 0 Å². The van der Waals surface area contributed by atoms with Gasteiger partial charge in [0, 0.05) is 24.3 Å². The van der Waals surface area contributed by atoms with Gasteiger partial charge >= 0.3 is 0 Å². The van der Waals surface area contributed by atoms with Crippen LogP contribution in [0.1, 0.15) is 34.6 Å². The molecule has 5 heteroatoms. The van der Waals surface area contributed by atoms with E-state index in [0.717, 1.165) is 24.7 Å². The topological polar surface area (TPSA) is 48.5 Å². The second kappa shape index (κ2) is 11.6. The highest BCUT2D eigenvalue weighted by molar-refractivity contribution is 14.0. The molecule has 0 aliphatic heterocycles. The van der Waals surface area contributed by atoms with E-state index in [4.69, 9.17) is 4.99 Å². The summed E-state index contributed by atoms with van der Waals surface area (Å²) in [6.07, 6.45) is 0. The molecule has 0 aliphatic carbocycles. The Bertz CT molecular complexity index is 418. The molecule has 1 atom stereocenters. The Labute approximate surface area is 152 Å². The van der Waals surface area contributed by atoms with E-state index in [1.165, 1.54) is 0 Å². The van der Waals surface area contributed by atoms with Crippen molar-refractivity contribution in [3.05, 3.63) is 30.3 Å². The molecule has 1 aromatic rings. The highest BCUT2D eigenvalue weighted by Crippen LogP contribution is 2.12. The van der Waals surface area contributed by atoms with Crippen LogP contribution in [0.2, 0.25) is 0 Å². The summed E-state index contributed by atoms with van der Waals surface area (Å²) in [6.45, 7) is 12.4. The van der Waals surface area contributed by atoms with Crippen molar-refractivity contribution in [3.63, 3.8) is 0 Å². The van der Waals surface area contributed by atoms with Gasteiger partial charge in [0.15, 0.2) is 5.96 Å². The van der Waals surface area contributed by atoms with E-state index in [1.807, 2.05) is 18.2 Å². The van der Waals surface area contributed by atoms with E-state index in [1.54, 1.807) is 0 Å².